The highest BCUT2D eigenvalue weighted by molar-refractivity contribution is 5.21. The van der Waals surface area contributed by atoms with Crippen LogP contribution in [0.2, 0.25) is 0 Å². The van der Waals surface area contributed by atoms with Crippen LogP contribution in [0.1, 0.15) is 18.5 Å². The molecule has 0 aliphatic rings. The molecule has 2 aromatic rings. The van der Waals surface area contributed by atoms with E-state index >= 15 is 0 Å². The van der Waals surface area contributed by atoms with Crippen LogP contribution in [0.3, 0.4) is 0 Å². The smallest absolute Gasteiger partial charge is 0.123 e. The van der Waals surface area contributed by atoms with E-state index < -0.39 is 0 Å². The lowest BCUT2D eigenvalue weighted by Crippen LogP contribution is -2.24. The first-order valence-corrected chi connectivity index (χ1v) is 6.42. The molecule has 0 aliphatic carbocycles. The number of para-hydroxylation sites is 1. The number of benzene rings is 2. The highest BCUT2D eigenvalue weighted by Crippen LogP contribution is 2.12. The Morgan fingerprint density at radius 2 is 1.74 bits per heavy atom. The Balaban J connectivity index is 1.72. The van der Waals surface area contributed by atoms with Gasteiger partial charge in [0.1, 0.15) is 18.2 Å². The van der Waals surface area contributed by atoms with E-state index in [0.29, 0.717) is 6.61 Å². The zero-order chi connectivity index (χ0) is 13.5. The summed E-state index contributed by atoms with van der Waals surface area (Å²) >= 11 is 0. The maximum Gasteiger partial charge on any atom is 0.123 e. The number of halogens is 1. The van der Waals surface area contributed by atoms with Crippen LogP contribution in [-0.4, -0.2) is 13.2 Å². The van der Waals surface area contributed by atoms with Gasteiger partial charge < -0.3 is 10.1 Å². The Hall–Kier alpha value is -1.87. The van der Waals surface area contributed by atoms with Gasteiger partial charge in [-0.2, -0.15) is 0 Å². The Morgan fingerprint density at radius 3 is 2.42 bits per heavy atom. The van der Waals surface area contributed by atoms with Crippen LogP contribution < -0.4 is 10.1 Å². The van der Waals surface area contributed by atoms with Crippen LogP contribution in [0, 0.1) is 5.82 Å². The predicted molar refractivity (Wildman–Crippen MR) is 74.8 cm³/mol. The average Bonchev–Trinajstić information content (AvgIpc) is 2.45. The number of rotatable bonds is 6. The summed E-state index contributed by atoms with van der Waals surface area (Å²) in [5.74, 6) is 0.669. The van der Waals surface area contributed by atoms with E-state index in [1.165, 1.54) is 12.1 Å². The van der Waals surface area contributed by atoms with Gasteiger partial charge in [0.05, 0.1) is 0 Å². The molecular weight excluding hydrogens is 241 g/mol. The van der Waals surface area contributed by atoms with E-state index in [4.69, 9.17) is 4.74 Å². The lowest BCUT2D eigenvalue weighted by atomic mass is 10.1. The van der Waals surface area contributed by atoms with Gasteiger partial charge in [0.25, 0.3) is 0 Å². The Kier molecular flexibility index (Phi) is 4.93. The average molecular weight is 259 g/mol. The molecule has 0 saturated heterocycles. The van der Waals surface area contributed by atoms with Gasteiger partial charge in [0.2, 0.25) is 0 Å². The second-order valence-electron chi connectivity index (χ2n) is 4.39. The monoisotopic (exact) mass is 259 g/mol. The van der Waals surface area contributed by atoms with Gasteiger partial charge in [0.15, 0.2) is 0 Å². The molecule has 0 radical (unpaired) electrons. The first-order chi connectivity index (χ1) is 9.25. The van der Waals surface area contributed by atoms with E-state index in [0.717, 1.165) is 17.9 Å². The first-order valence-electron chi connectivity index (χ1n) is 6.42. The minimum atomic E-state index is -0.205. The molecule has 0 bridgehead atoms. The van der Waals surface area contributed by atoms with Crippen molar-refractivity contribution >= 4 is 0 Å². The Labute approximate surface area is 113 Å². The second kappa shape index (κ2) is 6.90. The van der Waals surface area contributed by atoms with Crippen molar-refractivity contribution in [1.29, 1.82) is 0 Å². The highest BCUT2D eigenvalue weighted by atomic mass is 19.1. The quantitative estimate of drug-likeness (QED) is 0.801. The van der Waals surface area contributed by atoms with E-state index in [9.17, 15) is 4.39 Å². The molecule has 2 rings (SSSR count). The summed E-state index contributed by atoms with van der Waals surface area (Å²) in [4.78, 5) is 0. The zero-order valence-corrected chi connectivity index (χ0v) is 11.0. The van der Waals surface area contributed by atoms with Crippen LogP contribution in [-0.2, 0) is 0 Å². The summed E-state index contributed by atoms with van der Waals surface area (Å²) in [6.07, 6.45) is 0. The SMILES string of the molecule is C[C@@H](NCCOc1ccccc1)c1ccc(F)cc1. The highest BCUT2D eigenvalue weighted by Gasteiger charge is 2.04. The fraction of sp³-hybridized carbons (Fsp3) is 0.250. The van der Waals surface area contributed by atoms with Crippen LogP contribution in [0.25, 0.3) is 0 Å². The molecule has 0 saturated carbocycles. The summed E-state index contributed by atoms with van der Waals surface area (Å²) in [5, 5.41) is 3.34. The topological polar surface area (TPSA) is 21.3 Å². The van der Waals surface area contributed by atoms with Crippen LogP contribution >= 0.6 is 0 Å². The van der Waals surface area contributed by atoms with Crippen LogP contribution in [0.5, 0.6) is 5.75 Å². The first kappa shape index (κ1) is 13.6. The lowest BCUT2D eigenvalue weighted by Gasteiger charge is -2.14. The molecule has 0 fully saturated rings. The third-order valence-electron chi connectivity index (χ3n) is 2.93. The summed E-state index contributed by atoms with van der Waals surface area (Å²) in [6.45, 7) is 3.40. The largest absolute Gasteiger partial charge is 0.492 e. The molecule has 100 valence electrons. The maximum absolute atomic E-state index is 12.8. The number of nitrogens with one attached hydrogen (secondary N) is 1. The van der Waals surface area contributed by atoms with Gasteiger partial charge in [-0.1, -0.05) is 30.3 Å². The third kappa shape index (κ3) is 4.38. The molecule has 1 N–H and O–H groups in total. The molecule has 0 aliphatic heterocycles. The predicted octanol–water partition coefficient (Wildman–Crippen LogP) is 3.56. The van der Waals surface area contributed by atoms with E-state index in [1.54, 1.807) is 12.1 Å². The van der Waals surface area contributed by atoms with Gasteiger partial charge >= 0.3 is 0 Å². The molecule has 2 nitrogen and oxygen atoms in total. The minimum absolute atomic E-state index is 0.181. The molecular formula is C16H18FNO. The standard InChI is InChI=1S/C16H18FNO/c1-13(14-7-9-15(17)10-8-14)18-11-12-19-16-5-3-2-4-6-16/h2-10,13,18H,11-12H2,1H3/t13-/m1/s1. The Bertz CT molecular complexity index is 484. The van der Waals surface area contributed by atoms with Crippen molar-refractivity contribution in [2.45, 2.75) is 13.0 Å². The van der Waals surface area contributed by atoms with Crippen molar-refractivity contribution in [2.24, 2.45) is 0 Å². The number of hydrogen-bond donors (Lipinski definition) is 1. The second-order valence-corrected chi connectivity index (χ2v) is 4.39. The van der Waals surface area contributed by atoms with Crippen LogP contribution in [0.4, 0.5) is 4.39 Å². The molecule has 0 amide bonds. The van der Waals surface area contributed by atoms with Crippen LogP contribution in [0.15, 0.2) is 54.6 Å². The van der Waals surface area contributed by atoms with Gasteiger partial charge in [-0.3, -0.25) is 0 Å². The molecule has 2 aromatic carbocycles. The van der Waals surface area contributed by atoms with Crippen molar-refractivity contribution in [2.75, 3.05) is 13.2 Å². The molecule has 0 spiro atoms. The van der Waals surface area contributed by atoms with Gasteiger partial charge in [-0.25, -0.2) is 4.39 Å². The van der Waals surface area contributed by atoms with Crippen molar-refractivity contribution in [3.8, 4) is 5.75 Å². The lowest BCUT2D eigenvalue weighted by molar-refractivity contribution is 0.307. The molecule has 3 heteroatoms. The normalized spacial score (nSPS) is 12.1. The summed E-state index contributed by atoms with van der Waals surface area (Å²) in [6, 6.07) is 16.5. The summed E-state index contributed by atoms with van der Waals surface area (Å²) < 4.78 is 18.4. The summed E-state index contributed by atoms with van der Waals surface area (Å²) in [5.41, 5.74) is 1.07. The molecule has 1 atom stereocenters. The fourth-order valence-electron chi connectivity index (χ4n) is 1.83. The van der Waals surface area contributed by atoms with Crippen molar-refractivity contribution in [3.63, 3.8) is 0 Å². The van der Waals surface area contributed by atoms with E-state index in [2.05, 4.69) is 12.2 Å². The Morgan fingerprint density at radius 1 is 1.05 bits per heavy atom. The number of hydrogen-bond acceptors (Lipinski definition) is 2. The molecule has 19 heavy (non-hydrogen) atoms. The van der Waals surface area contributed by atoms with E-state index in [-0.39, 0.29) is 11.9 Å². The third-order valence-corrected chi connectivity index (χ3v) is 2.93. The van der Waals surface area contributed by atoms with Crippen molar-refractivity contribution < 1.29 is 9.13 Å². The van der Waals surface area contributed by atoms with Gasteiger partial charge in [0, 0.05) is 12.6 Å². The molecule has 0 heterocycles. The zero-order valence-electron chi connectivity index (χ0n) is 11.0. The number of ether oxygens (including phenoxy) is 1. The van der Waals surface area contributed by atoms with E-state index in [1.807, 2.05) is 30.3 Å². The summed E-state index contributed by atoms with van der Waals surface area (Å²) in [7, 11) is 0. The van der Waals surface area contributed by atoms with Gasteiger partial charge in [-0.15, -0.1) is 0 Å². The van der Waals surface area contributed by atoms with Crippen molar-refractivity contribution in [1.82, 2.24) is 5.32 Å². The minimum Gasteiger partial charge on any atom is -0.492 e. The molecule has 0 aromatic heterocycles. The maximum atomic E-state index is 12.8. The van der Waals surface area contributed by atoms with Crippen molar-refractivity contribution in [3.05, 3.63) is 66.0 Å². The fourth-order valence-corrected chi connectivity index (χ4v) is 1.83. The van der Waals surface area contributed by atoms with Gasteiger partial charge in [-0.05, 0) is 36.8 Å². The molecule has 0 unspecified atom stereocenters.